The molecule has 16 heavy (non-hydrogen) atoms. The highest BCUT2D eigenvalue weighted by atomic mass is 16.5. The summed E-state index contributed by atoms with van der Waals surface area (Å²) < 4.78 is 18.9. The molecule has 4 heteroatoms. The first-order valence-corrected chi connectivity index (χ1v) is 6.31. The summed E-state index contributed by atoms with van der Waals surface area (Å²) in [7, 11) is 0. The largest absolute Gasteiger partial charge is 0.381 e. The topological polar surface area (TPSA) is 36.9 Å². The molecule has 0 atom stereocenters. The van der Waals surface area contributed by atoms with Gasteiger partial charge in [0.2, 0.25) is 0 Å². The molecule has 4 fully saturated rings. The highest BCUT2D eigenvalue weighted by Crippen LogP contribution is 1.94. The van der Waals surface area contributed by atoms with E-state index in [4.69, 9.17) is 18.9 Å². The van der Waals surface area contributed by atoms with E-state index in [-0.39, 0.29) is 0 Å². The average molecular weight is 232 g/mol. The van der Waals surface area contributed by atoms with Gasteiger partial charge in [-0.3, -0.25) is 0 Å². The fourth-order valence-corrected chi connectivity index (χ4v) is 0.577. The summed E-state index contributed by atoms with van der Waals surface area (Å²) in [6, 6.07) is 0. The van der Waals surface area contributed by atoms with Crippen molar-refractivity contribution in [1.82, 2.24) is 0 Å². The Bertz CT molecular complexity index is 77.0. The van der Waals surface area contributed by atoms with Gasteiger partial charge in [-0.1, -0.05) is 0 Å². The minimum absolute atomic E-state index is 1.00. The van der Waals surface area contributed by atoms with Gasteiger partial charge < -0.3 is 18.9 Å². The molecule has 0 aromatic carbocycles. The van der Waals surface area contributed by atoms with Crippen molar-refractivity contribution in [1.29, 1.82) is 0 Å². The number of hydrogen-bond donors (Lipinski definition) is 0. The first kappa shape index (κ1) is 13.9. The fourth-order valence-electron chi connectivity index (χ4n) is 0.577. The van der Waals surface area contributed by atoms with Crippen molar-refractivity contribution in [3.63, 3.8) is 0 Å². The molecule has 0 aromatic heterocycles. The van der Waals surface area contributed by atoms with Crippen LogP contribution in [0.15, 0.2) is 0 Å². The zero-order chi connectivity index (χ0) is 11.3. The lowest BCUT2D eigenvalue weighted by molar-refractivity contribution is 0.0366. The van der Waals surface area contributed by atoms with Crippen LogP contribution in [0.5, 0.6) is 0 Å². The summed E-state index contributed by atoms with van der Waals surface area (Å²) in [5.41, 5.74) is 0. The van der Waals surface area contributed by atoms with Crippen molar-refractivity contribution in [2.45, 2.75) is 25.7 Å². The zero-order valence-electron chi connectivity index (χ0n) is 10.1. The Balaban J connectivity index is 0.000000107. The Labute approximate surface area is 98.2 Å². The summed E-state index contributed by atoms with van der Waals surface area (Å²) in [5.74, 6) is 0. The molecule has 4 aliphatic rings. The second-order valence-corrected chi connectivity index (χ2v) is 3.86. The van der Waals surface area contributed by atoms with Crippen LogP contribution in [0.25, 0.3) is 0 Å². The summed E-state index contributed by atoms with van der Waals surface area (Å²) in [5, 5.41) is 0. The molecule has 96 valence electrons. The summed E-state index contributed by atoms with van der Waals surface area (Å²) in [6.07, 6.45) is 5.11. The van der Waals surface area contributed by atoms with Crippen LogP contribution in [0.2, 0.25) is 0 Å². The van der Waals surface area contributed by atoms with Crippen LogP contribution >= 0.6 is 0 Å². The maximum Gasteiger partial charge on any atom is 0.0488 e. The third-order valence-electron chi connectivity index (χ3n) is 2.31. The van der Waals surface area contributed by atoms with Gasteiger partial charge >= 0.3 is 0 Å². The van der Waals surface area contributed by atoms with Gasteiger partial charge in [0, 0.05) is 52.9 Å². The van der Waals surface area contributed by atoms with E-state index in [9.17, 15) is 0 Å². The van der Waals surface area contributed by atoms with Crippen molar-refractivity contribution < 1.29 is 18.9 Å². The van der Waals surface area contributed by atoms with E-state index in [1.165, 1.54) is 25.7 Å². The molecule has 4 aliphatic heterocycles. The Kier molecular flexibility index (Phi) is 9.84. The lowest BCUT2D eigenvalue weighted by Gasteiger charge is -2.09. The quantitative estimate of drug-likeness (QED) is 0.636. The highest BCUT2D eigenvalue weighted by molar-refractivity contribution is 4.42. The molecule has 0 unspecified atom stereocenters. The van der Waals surface area contributed by atoms with Crippen LogP contribution < -0.4 is 0 Å². The second kappa shape index (κ2) is 11.3. The first-order valence-electron chi connectivity index (χ1n) is 6.31. The minimum Gasteiger partial charge on any atom is -0.381 e. The predicted molar refractivity (Wildman–Crippen MR) is 61.7 cm³/mol. The molecule has 0 saturated carbocycles. The fraction of sp³-hybridized carbons (Fsp3) is 1.00. The van der Waals surface area contributed by atoms with Crippen molar-refractivity contribution >= 4 is 0 Å². The molecule has 0 amide bonds. The maximum atomic E-state index is 4.72. The number of hydrogen-bond acceptors (Lipinski definition) is 4. The molecule has 0 N–H and O–H groups in total. The van der Waals surface area contributed by atoms with E-state index in [0.29, 0.717) is 0 Å². The van der Waals surface area contributed by atoms with E-state index in [0.717, 1.165) is 52.9 Å². The first-order chi connectivity index (χ1) is 8.00. The monoisotopic (exact) mass is 232 g/mol. The molecule has 0 aromatic rings. The van der Waals surface area contributed by atoms with E-state index < -0.39 is 0 Å². The van der Waals surface area contributed by atoms with Crippen LogP contribution in [0.1, 0.15) is 25.7 Å². The SMILES string of the molecule is C1COC1.C1COC1.C1COC1.C1COC1. The second-order valence-electron chi connectivity index (χ2n) is 3.86. The molecular weight excluding hydrogens is 208 g/mol. The van der Waals surface area contributed by atoms with Crippen LogP contribution in [-0.4, -0.2) is 52.9 Å². The summed E-state index contributed by atoms with van der Waals surface area (Å²) in [4.78, 5) is 0. The molecule has 0 aliphatic carbocycles. The molecular formula is C12H24O4. The Morgan fingerprint density at radius 1 is 0.312 bits per heavy atom. The number of ether oxygens (including phenoxy) is 4. The van der Waals surface area contributed by atoms with Gasteiger partial charge in [0.25, 0.3) is 0 Å². The molecule has 4 heterocycles. The highest BCUT2D eigenvalue weighted by Gasteiger charge is 1.95. The Morgan fingerprint density at radius 2 is 0.375 bits per heavy atom. The van der Waals surface area contributed by atoms with Crippen LogP contribution in [0.3, 0.4) is 0 Å². The minimum atomic E-state index is 1.00. The Hall–Kier alpha value is -0.160. The lowest BCUT2D eigenvalue weighted by atomic mass is 10.4. The van der Waals surface area contributed by atoms with E-state index in [1.54, 1.807) is 0 Å². The average Bonchev–Trinajstić information content (AvgIpc) is 1.62. The summed E-state index contributed by atoms with van der Waals surface area (Å²) in [6.45, 7) is 8.00. The van der Waals surface area contributed by atoms with Gasteiger partial charge in [-0.2, -0.15) is 0 Å². The van der Waals surface area contributed by atoms with Gasteiger partial charge in [-0.15, -0.1) is 0 Å². The zero-order valence-corrected chi connectivity index (χ0v) is 10.1. The lowest BCUT2D eigenvalue weighted by Crippen LogP contribution is -2.09. The maximum absolute atomic E-state index is 4.72. The van der Waals surface area contributed by atoms with Gasteiger partial charge in [0.15, 0.2) is 0 Å². The molecule has 0 radical (unpaired) electrons. The van der Waals surface area contributed by atoms with Crippen molar-refractivity contribution in [3.05, 3.63) is 0 Å². The van der Waals surface area contributed by atoms with Crippen LogP contribution in [-0.2, 0) is 18.9 Å². The standard InChI is InChI=1S/4C3H6O/c4*1-2-4-3-1/h4*1-3H2. The van der Waals surface area contributed by atoms with Gasteiger partial charge in [0.1, 0.15) is 0 Å². The van der Waals surface area contributed by atoms with Gasteiger partial charge in [-0.25, -0.2) is 0 Å². The third kappa shape index (κ3) is 9.09. The van der Waals surface area contributed by atoms with Crippen molar-refractivity contribution in [2.24, 2.45) is 0 Å². The van der Waals surface area contributed by atoms with Crippen molar-refractivity contribution in [3.8, 4) is 0 Å². The van der Waals surface area contributed by atoms with Gasteiger partial charge in [0.05, 0.1) is 0 Å². The predicted octanol–water partition coefficient (Wildman–Crippen LogP) is 1.63. The molecule has 0 bridgehead atoms. The molecule has 4 saturated heterocycles. The van der Waals surface area contributed by atoms with E-state index in [1.807, 2.05) is 0 Å². The number of rotatable bonds is 0. The third-order valence-corrected chi connectivity index (χ3v) is 2.31. The Morgan fingerprint density at radius 3 is 0.375 bits per heavy atom. The van der Waals surface area contributed by atoms with Gasteiger partial charge in [-0.05, 0) is 25.7 Å². The normalized spacial score (nSPS) is 24.0. The van der Waals surface area contributed by atoms with Crippen LogP contribution in [0.4, 0.5) is 0 Å². The molecule has 0 spiro atoms. The molecule has 4 rings (SSSR count). The summed E-state index contributed by atoms with van der Waals surface area (Å²) >= 11 is 0. The molecule has 4 nitrogen and oxygen atoms in total. The van der Waals surface area contributed by atoms with Crippen LogP contribution in [0, 0.1) is 0 Å². The smallest absolute Gasteiger partial charge is 0.0488 e. The van der Waals surface area contributed by atoms with Crippen molar-refractivity contribution in [2.75, 3.05) is 52.9 Å². The van der Waals surface area contributed by atoms with E-state index >= 15 is 0 Å². The van der Waals surface area contributed by atoms with E-state index in [2.05, 4.69) is 0 Å².